The standard InChI is InChI=1S/C20H23N7/c1-2-26-15-17(10-18(26)12-21)14-25-7-5-19-23-24-20(27(19)9-8-25)11-16-4-3-6-22-13-16/h3-4,6,10,13,15H,2,5,7-9,11,14H2,1H3. The number of aryl methyl sites for hydroxylation is 1. The van der Waals surface area contributed by atoms with Crippen LogP contribution in [0.5, 0.6) is 0 Å². The minimum Gasteiger partial charge on any atom is -0.339 e. The van der Waals surface area contributed by atoms with Crippen LogP contribution in [0.4, 0.5) is 0 Å². The van der Waals surface area contributed by atoms with Crippen molar-refractivity contribution in [1.29, 1.82) is 5.26 Å². The predicted octanol–water partition coefficient (Wildman–Crippen LogP) is 2.02. The first-order valence-electron chi connectivity index (χ1n) is 9.38. The lowest BCUT2D eigenvalue weighted by atomic mass is 10.2. The van der Waals surface area contributed by atoms with E-state index >= 15 is 0 Å². The Balaban J connectivity index is 1.44. The first kappa shape index (κ1) is 17.4. The Kier molecular flexibility index (Phi) is 4.99. The van der Waals surface area contributed by atoms with E-state index in [0.717, 1.165) is 68.5 Å². The highest BCUT2D eigenvalue weighted by atomic mass is 15.3. The smallest absolute Gasteiger partial charge is 0.137 e. The second kappa shape index (κ2) is 7.72. The number of aromatic nitrogens is 5. The van der Waals surface area contributed by atoms with Gasteiger partial charge in [0.05, 0.1) is 0 Å². The zero-order chi connectivity index (χ0) is 18.6. The predicted molar refractivity (Wildman–Crippen MR) is 101 cm³/mol. The summed E-state index contributed by atoms with van der Waals surface area (Å²) in [5.74, 6) is 2.06. The summed E-state index contributed by atoms with van der Waals surface area (Å²) in [5.41, 5.74) is 3.08. The molecule has 0 bridgehead atoms. The molecule has 4 rings (SSSR count). The van der Waals surface area contributed by atoms with Crippen LogP contribution in [-0.2, 0) is 32.5 Å². The van der Waals surface area contributed by atoms with Crippen LogP contribution in [-0.4, -0.2) is 42.3 Å². The Morgan fingerprint density at radius 2 is 2.11 bits per heavy atom. The monoisotopic (exact) mass is 361 g/mol. The molecule has 0 fully saturated rings. The van der Waals surface area contributed by atoms with E-state index in [0.29, 0.717) is 0 Å². The Bertz CT molecular complexity index is 949. The highest BCUT2D eigenvalue weighted by molar-refractivity contribution is 5.28. The van der Waals surface area contributed by atoms with Crippen molar-refractivity contribution >= 4 is 0 Å². The third kappa shape index (κ3) is 3.76. The van der Waals surface area contributed by atoms with Crippen LogP contribution in [0.1, 0.15) is 35.4 Å². The molecule has 0 saturated carbocycles. The summed E-state index contributed by atoms with van der Waals surface area (Å²) in [6, 6.07) is 8.30. The fourth-order valence-corrected chi connectivity index (χ4v) is 3.67. The Labute approximate surface area is 158 Å². The number of hydrogen-bond acceptors (Lipinski definition) is 5. The van der Waals surface area contributed by atoms with Gasteiger partial charge in [0, 0.05) is 64.2 Å². The highest BCUT2D eigenvalue weighted by Crippen LogP contribution is 2.16. The molecule has 0 radical (unpaired) electrons. The van der Waals surface area contributed by atoms with Crippen molar-refractivity contribution in [2.45, 2.75) is 39.4 Å². The quantitative estimate of drug-likeness (QED) is 0.695. The zero-order valence-electron chi connectivity index (χ0n) is 15.5. The van der Waals surface area contributed by atoms with Crippen molar-refractivity contribution in [2.75, 3.05) is 13.1 Å². The van der Waals surface area contributed by atoms with Crippen LogP contribution in [0.25, 0.3) is 0 Å². The molecule has 3 aromatic heterocycles. The maximum absolute atomic E-state index is 9.25. The molecule has 0 unspecified atom stereocenters. The van der Waals surface area contributed by atoms with Crippen LogP contribution in [0.2, 0.25) is 0 Å². The minimum atomic E-state index is 0.734. The third-order valence-electron chi connectivity index (χ3n) is 5.10. The van der Waals surface area contributed by atoms with E-state index in [1.54, 1.807) is 6.20 Å². The van der Waals surface area contributed by atoms with E-state index in [9.17, 15) is 5.26 Å². The summed E-state index contributed by atoms with van der Waals surface area (Å²) < 4.78 is 4.26. The van der Waals surface area contributed by atoms with E-state index in [1.165, 1.54) is 5.56 Å². The van der Waals surface area contributed by atoms with Gasteiger partial charge in [-0.3, -0.25) is 9.88 Å². The van der Waals surface area contributed by atoms with Crippen LogP contribution in [0, 0.1) is 11.3 Å². The van der Waals surface area contributed by atoms with Gasteiger partial charge in [-0.15, -0.1) is 10.2 Å². The number of rotatable bonds is 5. The van der Waals surface area contributed by atoms with Gasteiger partial charge < -0.3 is 9.13 Å². The van der Waals surface area contributed by atoms with Crippen molar-refractivity contribution in [3.8, 4) is 6.07 Å². The second-order valence-corrected chi connectivity index (χ2v) is 6.88. The first-order chi connectivity index (χ1) is 13.3. The van der Waals surface area contributed by atoms with Crippen LogP contribution in [0.15, 0.2) is 36.8 Å². The Morgan fingerprint density at radius 3 is 2.85 bits per heavy atom. The highest BCUT2D eigenvalue weighted by Gasteiger charge is 2.19. The number of nitriles is 1. The van der Waals surface area contributed by atoms with E-state index < -0.39 is 0 Å². The Morgan fingerprint density at radius 1 is 1.19 bits per heavy atom. The van der Waals surface area contributed by atoms with Crippen molar-refractivity contribution in [1.82, 2.24) is 29.2 Å². The van der Waals surface area contributed by atoms with Gasteiger partial charge in [-0.25, -0.2) is 0 Å². The lowest BCUT2D eigenvalue weighted by Gasteiger charge is -2.18. The molecule has 0 aromatic carbocycles. The summed E-state index contributed by atoms with van der Waals surface area (Å²) >= 11 is 0. The average molecular weight is 361 g/mol. The van der Waals surface area contributed by atoms with Gasteiger partial charge in [-0.1, -0.05) is 6.07 Å². The van der Waals surface area contributed by atoms with E-state index in [2.05, 4.69) is 49.9 Å². The topological polar surface area (TPSA) is 75.6 Å². The molecule has 0 N–H and O–H groups in total. The van der Waals surface area contributed by atoms with Gasteiger partial charge >= 0.3 is 0 Å². The zero-order valence-corrected chi connectivity index (χ0v) is 15.5. The molecule has 0 amide bonds. The molecule has 7 heteroatoms. The molecule has 0 aliphatic carbocycles. The molecule has 138 valence electrons. The molecule has 0 saturated heterocycles. The molecule has 0 spiro atoms. The number of pyridine rings is 1. The summed E-state index contributed by atoms with van der Waals surface area (Å²) in [5, 5.41) is 18.1. The molecule has 0 atom stereocenters. The fraction of sp³-hybridized carbons (Fsp3) is 0.400. The molecule has 1 aliphatic heterocycles. The lowest BCUT2D eigenvalue weighted by molar-refractivity contribution is 0.270. The molecule has 4 heterocycles. The largest absolute Gasteiger partial charge is 0.339 e. The number of nitrogens with zero attached hydrogens (tertiary/aromatic N) is 7. The van der Waals surface area contributed by atoms with Crippen molar-refractivity contribution in [2.24, 2.45) is 0 Å². The second-order valence-electron chi connectivity index (χ2n) is 6.88. The van der Waals surface area contributed by atoms with E-state index in [1.807, 2.05) is 22.9 Å². The van der Waals surface area contributed by atoms with Crippen molar-refractivity contribution < 1.29 is 0 Å². The van der Waals surface area contributed by atoms with E-state index in [-0.39, 0.29) is 0 Å². The lowest BCUT2D eigenvalue weighted by Crippen LogP contribution is -2.26. The van der Waals surface area contributed by atoms with Gasteiger partial charge in [0.15, 0.2) is 0 Å². The van der Waals surface area contributed by atoms with Crippen LogP contribution in [0.3, 0.4) is 0 Å². The molecule has 27 heavy (non-hydrogen) atoms. The molecule has 1 aliphatic rings. The Hall–Kier alpha value is -2.98. The number of hydrogen-bond donors (Lipinski definition) is 0. The summed E-state index contributed by atoms with van der Waals surface area (Å²) in [4.78, 5) is 6.62. The van der Waals surface area contributed by atoms with Crippen molar-refractivity contribution in [3.63, 3.8) is 0 Å². The van der Waals surface area contributed by atoms with Crippen LogP contribution < -0.4 is 0 Å². The molecule has 3 aromatic rings. The van der Waals surface area contributed by atoms with E-state index in [4.69, 9.17) is 0 Å². The van der Waals surface area contributed by atoms with Gasteiger partial charge in [0.25, 0.3) is 0 Å². The normalized spacial score (nSPS) is 14.5. The summed E-state index contributed by atoms with van der Waals surface area (Å²) in [7, 11) is 0. The number of fused-ring (bicyclic) bond motifs is 1. The van der Waals surface area contributed by atoms with Crippen LogP contribution >= 0.6 is 0 Å². The molecular formula is C20H23N7. The molecule has 7 nitrogen and oxygen atoms in total. The fourth-order valence-electron chi connectivity index (χ4n) is 3.67. The van der Waals surface area contributed by atoms with Gasteiger partial charge in [0.2, 0.25) is 0 Å². The van der Waals surface area contributed by atoms with Gasteiger partial charge in [-0.05, 0) is 30.2 Å². The minimum absolute atomic E-state index is 0.734. The molecular weight excluding hydrogens is 338 g/mol. The maximum Gasteiger partial charge on any atom is 0.137 e. The maximum atomic E-state index is 9.25. The summed E-state index contributed by atoms with van der Waals surface area (Å²) in [6.45, 7) is 6.53. The van der Waals surface area contributed by atoms with Crippen molar-refractivity contribution in [3.05, 3.63) is 65.3 Å². The third-order valence-corrected chi connectivity index (χ3v) is 5.10. The SMILES string of the molecule is CCn1cc(CN2CCc3nnc(Cc4cccnc4)n3CC2)cc1C#N. The first-order valence-corrected chi connectivity index (χ1v) is 9.38. The summed E-state index contributed by atoms with van der Waals surface area (Å²) in [6.07, 6.45) is 7.41. The van der Waals surface area contributed by atoms with Gasteiger partial charge in [0.1, 0.15) is 23.4 Å². The van der Waals surface area contributed by atoms with Gasteiger partial charge in [-0.2, -0.15) is 5.26 Å². The average Bonchev–Trinajstić information content (AvgIpc) is 3.21.